The number of nitrogens with two attached hydrogens (primary N) is 1. The highest BCUT2D eigenvalue weighted by atomic mass is 16.2. The van der Waals surface area contributed by atoms with Crippen molar-refractivity contribution in [3.63, 3.8) is 0 Å². The maximum absolute atomic E-state index is 13.0. The Morgan fingerprint density at radius 1 is 1.14 bits per heavy atom. The van der Waals surface area contributed by atoms with Crippen molar-refractivity contribution in [2.24, 2.45) is 11.7 Å². The largest absolute Gasteiger partial charge is 0.330 e. The molecule has 1 aromatic rings. The summed E-state index contributed by atoms with van der Waals surface area (Å²) in [6.07, 6.45) is 4.33. The zero-order chi connectivity index (χ0) is 19.4. The topological polar surface area (TPSA) is 95.7 Å². The molecule has 3 N–H and O–H groups in total. The fourth-order valence-electron chi connectivity index (χ4n) is 5.64. The Morgan fingerprint density at radius 2 is 2.00 bits per heavy atom. The van der Waals surface area contributed by atoms with Gasteiger partial charge in [0.2, 0.25) is 11.8 Å². The number of imide groups is 1. The smallest absolute Gasteiger partial charge is 0.255 e. The zero-order valence-electron chi connectivity index (χ0n) is 15.9. The Morgan fingerprint density at radius 3 is 2.75 bits per heavy atom. The van der Waals surface area contributed by atoms with Crippen LogP contribution in [-0.4, -0.2) is 52.2 Å². The number of carbonyl (C=O) groups is 3. The first-order valence-electron chi connectivity index (χ1n) is 10.3. The number of nitrogens with one attached hydrogen (secondary N) is 1. The summed E-state index contributed by atoms with van der Waals surface area (Å²) in [5.41, 5.74) is 8.75. The lowest BCUT2D eigenvalue weighted by Gasteiger charge is -2.29. The van der Waals surface area contributed by atoms with Crippen molar-refractivity contribution in [2.45, 2.75) is 63.3 Å². The van der Waals surface area contributed by atoms with Gasteiger partial charge in [-0.15, -0.1) is 0 Å². The van der Waals surface area contributed by atoms with Crippen LogP contribution in [0.3, 0.4) is 0 Å². The number of hydrogen-bond acceptors (Lipinski definition) is 5. The molecule has 4 aliphatic heterocycles. The number of amides is 3. The van der Waals surface area contributed by atoms with Gasteiger partial charge in [-0.1, -0.05) is 12.1 Å². The van der Waals surface area contributed by atoms with E-state index >= 15 is 0 Å². The van der Waals surface area contributed by atoms with Gasteiger partial charge in [-0.2, -0.15) is 0 Å². The molecule has 3 fully saturated rings. The van der Waals surface area contributed by atoms with Gasteiger partial charge in [-0.05, 0) is 55.3 Å². The molecule has 1 unspecified atom stereocenters. The van der Waals surface area contributed by atoms with Crippen LogP contribution in [0.1, 0.15) is 53.6 Å². The third kappa shape index (κ3) is 2.76. The van der Waals surface area contributed by atoms with Crippen molar-refractivity contribution in [2.75, 3.05) is 6.54 Å². The Hall–Kier alpha value is -2.25. The highest BCUT2D eigenvalue weighted by Crippen LogP contribution is 2.42. The molecule has 4 aliphatic rings. The van der Waals surface area contributed by atoms with Crippen molar-refractivity contribution in [1.82, 2.24) is 15.1 Å². The number of rotatable bonds is 4. The number of nitrogens with zero attached hydrogens (tertiary/aromatic N) is 2. The van der Waals surface area contributed by atoms with Gasteiger partial charge in [-0.25, -0.2) is 0 Å². The summed E-state index contributed by atoms with van der Waals surface area (Å²) >= 11 is 0. The minimum absolute atomic E-state index is 0.101. The monoisotopic (exact) mass is 382 g/mol. The fourth-order valence-corrected chi connectivity index (χ4v) is 5.64. The zero-order valence-corrected chi connectivity index (χ0v) is 15.9. The van der Waals surface area contributed by atoms with Crippen LogP contribution in [0.4, 0.5) is 0 Å². The first kappa shape index (κ1) is 17.8. The van der Waals surface area contributed by atoms with Crippen molar-refractivity contribution in [3.8, 4) is 0 Å². The standard InChI is InChI=1S/C21H26N4O3/c22-9-14-8-15-3-4-17(14)24(15)10-12-1-2-13-11-25(21(28)16(13)7-12)18-5-6-19(26)23-20(18)27/h1-2,7,14-15,17-18H,3-6,8-11,22H2,(H,23,26,27)/t14-,15+,17-,18?/m0/s1. The molecular weight excluding hydrogens is 356 g/mol. The summed E-state index contributed by atoms with van der Waals surface area (Å²) in [6, 6.07) is 6.75. The summed E-state index contributed by atoms with van der Waals surface area (Å²) in [5, 5.41) is 2.35. The van der Waals surface area contributed by atoms with E-state index in [-0.39, 0.29) is 24.1 Å². The lowest BCUT2D eigenvalue weighted by molar-refractivity contribution is -0.136. The molecule has 3 amide bonds. The summed E-state index contributed by atoms with van der Waals surface area (Å²) in [7, 11) is 0. The minimum Gasteiger partial charge on any atom is -0.330 e. The van der Waals surface area contributed by atoms with Crippen molar-refractivity contribution < 1.29 is 14.4 Å². The molecule has 5 rings (SSSR count). The number of fused-ring (bicyclic) bond motifs is 3. The quantitative estimate of drug-likeness (QED) is 0.750. The van der Waals surface area contributed by atoms with Gasteiger partial charge in [0, 0.05) is 37.2 Å². The molecule has 28 heavy (non-hydrogen) atoms. The summed E-state index contributed by atoms with van der Waals surface area (Å²) in [4.78, 5) is 40.7. The number of benzene rings is 1. The predicted octanol–water partition coefficient (Wildman–Crippen LogP) is 0.759. The van der Waals surface area contributed by atoms with E-state index in [0.29, 0.717) is 36.5 Å². The molecule has 0 radical (unpaired) electrons. The van der Waals surface area contributed by atoms with Crippen molar-refractivity contribution in [3.05, 3.63) is 34.9 Å². The molecule has 0 spiro atoms. The molecule has 0 aromatic heterocycles. The van der Waals surface area contributed by atoms with Gasteiger partial charge in [0.25, 0.3) is 5.91 Å². The van der Waals surface area contributed by atoms with Crippen LogP contribution in [0.25, 0.3) is 0 Å². The molecule has 148 valence electrons. The molecule has 7 nitrogen and oxygen atoms in total. The van der Waals surface area contributed by atoms with Crippen LogP contribution < -0.4 is 11.1 Å². The van der Waals surface area contributed by atoms with E-state index in [2.05, 4.69) is 16.3 Å². The first-order valence-corrected chi connectivity index (χ1v) is 10.3. The van der Waals surface area contributed by atoms with Crippen molar-refractivity contribution in [1.29, 1.82) is 0 Å². The minimum atomic E-state index is -0.555. The molecule has 3 saturated heterocycles. The van der Waals surface area contributed by atoms with Gasteiger partial charge in [0.05, 0.1) is 0 Å². The number of carbonyl (C=O) groups excluding carboxylic acids is 3. The fraction of sp³-hybridized carbons (Fsp3) is 0.571. The average molecular weight is 382 g/mol. The molecule has 4 heterocycles. The molecule has 4 atom stereocenters. The van der Waals surface area contributed by atoms with E-state index in [9.17, 15) is 14.4 Å². The average Bonchev–Trinajstić information content (AvgIpc) is 3.33. The maximum atomic E-state index is 13.0. The highest BCUT2D eigenvalue weighted by Gasteiger charge is 2.45. The molecule has 2 bridgehead atoms. The normalized spacial score (nSPS) is 32.2. The van der Waals surface area contributed by atoms with E-state index in [0.717, 1.165) is 24.2 Å². The van der Waals surface area contributed by atoms with E-state index in [1.165, 1.54) is 19.3 Å². The van der Waals surface area contributed by atoms with Crippen LogP contribution >= 0.6 is 0 Å². The molecule has 1 aromatic carbocycles. The Kier molecular flexibility index (Phi) is 4.25. The van der Waals surface area contributed by atoms with E-state index in [1.807, 2.05) is 12.1 Å². The van der Waals surface area contributed by atoms with E-state index < -0.39 is 6.04 Å². The first-order chi connectivity index (χ1) is 13.5. The number of hydrogen-bond donors (Lipinski definition) is 2. The van der Waals surface area contributed by atoms with Gasteiger partial charge < -0.3 is 10.6 Å². The number of piperidine rings is 1. The van der Waals surface area contributed by atoms with Crippen molar-refractivity contribution >= 4 is 17.7 Å². The molecule has 0 saturated carbocycles. The van der Waals surface area contributed by atoms with E-state index in [1.54, 1.807) is 4.90 Å². The second-order valence-electron chi connectivity index (χ2n) is 8.59. The third-order valence-electron chi connectivity index (χ3n) is 7.07. The van der Waals surface area contributed by atoms with Crippen LogP contribution in [0, 0.1) is 5.92 Å². The predicted molar refractivity (Wildman–Crippen MR) is 102 cm³/mol. The highest BCUT2D eigenvalue weighted by molar-refractivity contribution is 6.05. The van der Waals surface area contributed by atoms with Crippen LogP contribution in [0.2, 0.25) is 0 Å². The molecular formula is C21H26N4O3. The summed E-state index contributed by atoms with van der Waals surface area (Å²) < 4.78 is 0. The van der Waals surface area contributed by atoms with Gasteiger partial charge in [0.15, 0.2) is 0 Å². The maximum Gasteiger partial charge on any atom is 0.255 e. The SMILES string of the molecule is NC[C@@H]1C[C@H]2CC[C@@H]1N2Cc1ccc2c(c1)C(=O)N(C1CCC(=O)NC1=O)C2. The van der Waals surface area contributed by atoms with Gasteiger partial charge in [0.1, 0.15) is 6.04 Å². The Balaban J connectivity index is 1.33. The molecule has 7 heteroatoms. The Bertz CT molecular complexity index is 854. The summed E-state index contributed by atoms with van der Waals surface area (Å²) in [5.74, 6) is -0.128. The lowest BCUT2D eigenvalue weighted by atomic mass is 9.89. The van der Waals surface area contributed by atoms with E-state index in [4.69, 9.17) is 5.73 Å². The van der Waals surface area contributed by atoms with Gasteiger partial charge in [-0.3, -0.25) is 24.6 Å². The van der Waals surface area contributed by atoms with Crippen LogP contribution in [-0.2, 0) is 22.7 Å². The van der Waals surface area contributed by atoms with Gasteiger partial charge >= 0.3 is 0 Å². The second-order valence-corrected chi connectivity index (χ2v) is 8.59. The molecule has 0 aliphatic carbocycles. The summed E-state index contributed by atoms with van der Waals surface area (Å²) in [6.45, 7) is 2.04. The van der Waals surface area contributed by atoms with Crippen LogP contribution in [0.5, 0.6) is 0 Å². The van der Waals surface area contributed by atoms with Crippen LogP contribution in [0.15, 0.2) is 18.2 Å². The third-order valence-corrected chi connectivity index (χ3v) is 7.07. The second kappa shape index (κ2) is 6.67. The Labute approximate surface area is 164 Å². The lowest BCUT2D eigenvalue weighted by Crippen LogP contribution is -2.52.